The Kier molecular flexibility index (Phi) is 4.47. The maximum Gasteiger partial charge on any atom is 0.178 e. The van der Waals surface area contributed by atoms with E-state index in [9.17, 15) is 20.4 Å². The normalized spacial score (nSPS) is 29.2. The van der Waals surface area contributed by atoms with Gasteiger partial charge in [0.2, 0.25) is 0 Å². The van der Waals surface area contributed by atoms with Gasteiger partial charge >= 0.3 is 0 Å². The van der Waals surface area contributed by atoms with E-state index >= 15 is 0 Å². The van der Waals surface area contributed by atoms with Crippen LogP contribution in [0.5, 0.6) is 0 Å². The van der Waals surface area contributed by atoms with Crippen LogP contribution in [0.25, 0.3) is 21.8 Å². The second kappa shape index (κ2) is 6.79. The van der Waals surface area contributed by atoms with Gasteiger partial charge in [-0.25, -0.2) is 4.98 Å². The van der Waals surface area contributed by atoms with Crippen LogP contribution >= 0.6 is 0 Å². The van der Waals surface area contributed by atoms with Gasteiger partial charge in [0.25, 0.3) is 0 Å². The Balaban J connectivity index is 1.81. The standard InChI is InChI=1S/C19H20N2O5/c22-9-14-17(23)18(24)16(19(25)26-14)21-15-10-5-1-3-7-12(10)20-13-8-4-2-6-11(13)15/h1-8,14,16-19,22-25H,9H2,(H,20,21)/t14-,16-,17+,18+,19-/m0/s1. The summed E-state index contributed by atoms with van der Waals surface area (Å²) in [7, 11) is 0. The van der Waals surface area contributed by atoms with Crippen molar-refractivity contribution in [2.24, 2.45) is 0 Å². The molecule has 7 nitrogen and oxygen atoms in total. The minimum absolute atomic E-state index is 0.497. The van der Waals surface area contributed by atoms with E-state index in [1.807, 2.05) is 48.5 Å². The average Bonchev–Trinajstić information content (AvgIpc) is 2.67. The van der Waals surface area contributed by atoms with Crippen LogP contribution in [0, 0.1) is 0 Å². The quantitative estimate of drug-likeness (QED) is 0.437. The molecule has 1 aliphatic heterocycles. The molecule has 7 heteroatoms. The zero-order valence-electron chi connectivity index (χ0n) is 13.9. The van der Waals surface area contributed by atoms with Gasteiger partial charge in [-0.05, 0) is 12.1 Å². The van der Waals surface area contributed by atoms with Crippen molar-refractivity contribution in [3.63, 3.8) is 0 Å². The molecule has 26 heavy (non-hydrogen) atoms. The summed E-state index contributed by atoms with van der Waals surface area (Å²) >= 11 is 0. The molecule has 136 valence electrons. The van der Waals surface area contributed by atoms with Crippen LogP contribution in [0.15, 0.2) is 48.5 Å². The molecule has 1 saturated heterocycles. The number of benzene rings is 2. The maximum atomic E-state index is 10.4. The van der Waals surface area contributed by atoms with Gasteiger partial charge < -0.3 is 30.5 Å². The zero-order valence-corrected chi connectivity index (χ0v) is 13.9. The van der Waals surface area contributed by atoms with Crippen LogP contribution in [0.2, 0.25) is 0 Å². The lowest BCUT2D eigenvalue weighted by atomic mass is 9.96. The van der Waals surface area contributed by atoms with Crippen LogP contribution in [-0.2, 0) is 4.74 Å². The van der Waals surface area contributed by atoms with E-state index in [0.29, 0.717) is 5.69 Å². The summed E-state index contributed by atoms with van der Waals surface area (Å²) in [5.74, 6) is 0. The molecule has 3 aromatic rings. The first-order valence-electron chi connectivity index (χ1n) is 8.44. The highest BCUT2D eigenvalue weighted by Crippen LogP contribution is 2.33. The van der Waals surface area contributed by atoms with Crippen molar-refractivity contribution in [1.82, 2.24) is 4.98 Å². The lowest BCUT2D eigenvalue weighted by molar-refractivity contribution is -0.245. The Morgan fingerprint density at radius 2 is 1.46 bits per heavy atom. The third-order valence-electron chi connectivity index (χ3n) is 4.80. The number of hydrogen-bond acceptors (Lipinski definition) is 7. The number of pyridine rings is 1. The van der Waals surface area contributed by atoms with Gasteiger partial charge in [-0.15, -0.1) is 0 Å². The SMILES string of the molecule is OC[C@@H]1O[C@H](O)[C@@H](Nc2c3ccccc3nc3ccccc23)[C@@H](O)[C@@H]1O. The van der Waals surface area contributed by atoms with Crippen molar-refractivity contribution in [2.45, 2.75) is 30.6 Å². The molecule has 0 aliphatic carbocycles. The fraction of sp³-hybridized carbons (Fsp3) is 0.316. The molecule has 5 atom stereocenters. The topological polar surface area (TPSA) is 115 Å². The van der Waals surface area contributed by atoms with E-state index in [1.54, 1.807) is 0 Å². The van der Waals surface area contributed by atoms with Crippen molar-refractivity contribution in [2.75, 3.05) is 11.9 Å². The Morgan fingerprint density at radius 1 is 0.885 bits per heavy atom. The Morgan fingerprint density at radius 3 is 2.04 bits per heavy atom. The highest BCUT2D eigenvalue weighted by atomic mass is 16.6. The number of nitrogens with zero attached hydrogens (tertiary/aromatic N) is 1. The van der Waals surface area contributed by atoms with Gasteiger partial charge in [-0.3, -0.25) is 0 Å². The molecule has 1 aromatic heterocycles. The third-order valence-corrected chi connectivity index (χ3v) is 4.80. The maximum absolute atomic E-state index is 10.4. The van der Waals surface area contributed by atoms with Crippen LogP contribution < -0.4 is 5.32 Å². The number of aliphatic hydroxyl groups excluding tert-OH is 4. The fourth-order valence-electron chi connectivity index (χ4n) is 3.42. The van der Waals surface area contributed by atoms with E-state index in [0.717, 1.165) is 21.8 Å². The lowest BCUT2D eigenvalue weighted by Crippen LogP contribution is -2.61. The lowest BCUT2D eigenvalue weighted by Gasteiger charge is -2.41. The van der Waals surface area contributed by atoms with Gasteiger partial charge in [0.05, 0.1) is 23.3 Å². The second-order valence-electron chi connectivity index (χ2n) is 6.42. The monoisotopic (exact) mass is 356 g/mol. The largest absolute Gasteiger partial charge is 0.394 e. The third kappa shape index (κ3) is 2.80. The molecule has 2 aromatic carbocycles. The number of fused-ring (bicyclic) bond motifs is 2. The molecule has 0 saturated carbocycles. The summed E-state index contributed by atoms with van der Waals surface area (Å²) in [6.45, 7) is -0.497. The minimum Gasteiger partial charge on any atom is -0.394 e. The molecule has 0 spiro atoms. The number of hydrogen-bond donors (Lipinski definition) is 5. The van der Waals surface area contributed by atoms with Crippen LogP contribution in [0.3, 0.4) is 0 Å². The minimum atomic E-state index is -1.39. The Labute approximate surface area is 149 Å². The first-order chi connectivity index (χ1) is 12.6. The van der Waals surface area contributed by atoms with Gasteiger partial charge in [-0.1, -0.05) is 36.4 Å². The molecular weight excluding hydrogens is 336 g/mol. The molecule has 0 unspecified atom stereocenters. The Hall–Kier alpha value is -2.29. The van der Waals surface area contributed by atoms with Gasteiger partial charge in [-0.2, -0.15) is 0 Å². The highest BCUT2D eigenvalue weighted by molar-refractivity contribution is 6.07. The van der Waals surface area contributed by atoms with Gasteiger partial charge in [0, 0.05) is 10.8 Å². The zero-order chi connectivity index (χ0) is 18.3. The number of anilines is 1. The predicted octanol–water partition coefficient (Wildman–Crippen LogP) is 0.600. The van der Waals surface area contributed by atoms with Crippen molar-refractivity contribution >= 4 is 27.5 Å². The van der Waals surface area contributed by atoms with E-state index in [-0.39, 0.29) is 0 Å². The first-order valence-corrected chi connectivity index (χ1v) is 8.44. The van der Waals surface area contributed by atoms with Crippen molar-refractivity contribution in [3.8, 4) is 0 Å². The average molecular weight is 356 g/mol. The van der Waals surface area contributed by atoms with Gasteiger partial charge in [0.15, 0.2) is 6.29 Å². The van der Waals surface area contributed by atoms with Gasteiger partial charge in [0.1, 0.15) is 24.4 Å². The molecule has 4 rings (SSSR count). The number of aromatic nitrogens is 1. The summed E-state index contributed by atoms with van der Waals surface area (Å²) in [6, 6.07) is 14.1. The smallest absolute Gasteiger partial charge is 0.178 e. The second-order valence-corrected chi connectivity index (χ2v) is 6.42. The van der Waals surface area contributed by atoms with Crippen molar-refractivity contribution in [3.05, 3.63) is 48.5 Å². The number of nitrogens with one attached hydrogen (secondary N) is 1. The molecule has 5 N–H and O–H groups in total. The molecule has 2 heterocycles. The highest BCUT2D eigenvalue weighted by Gasteiger charge is 2.43. The summed E-state index contributed by atoms with van der Waals surface area (Å²) in [5, 5.41) is 44.9. The molecule has 1 fully saturated rings. The fourth-order valence-corrected chi connectivity index (χ4v) is 3.42. The molecule has 0 radical (unpaired) electrons. The van der Waals surface area contributed by atoms with Crippen molar-refractivity contribution in [1.29, 1.82) is 0 Å². The van der Waals surface area contributed by atoms with E-state index in [2.05, 4.69) is 10.3 Å². The number of para-hydroxylation sites is 2. The molecule has 0 amide bonds. The summed E-state index contributed by atoms with van der Waals surface area (Å²) in [4.78, 5) is 4.63. The van der Waals surface area contributed by atoms with Crippen molar-refractivity contribution < 1.29 is 25.2 Å². The molecular formula is C19H20N2O5. The van der Waals surface area contributed by atoms with Crippen LogP contribution in [-0.4, -0.2) is 62.7 Å². The summed E-state index contributed by atoms with van der Waals surface area (Å²) in [5.41, 5.74) is 2.22. The summed E-state index contributed by atoms with van der Waals surface area (Å²) in [6.07, 6.45) is -5.07. The Bertz CT molecular complexity index is 880. The first kappa shape index (κ1) is 17.1. The van der Waals surface area contributed by atoms with E-state index < -0.39 is 37.3 Å². The number of rotatable bonds is 3. The van der Waals surface area contributed by atoms with Crippen LogP contribution in [0.1, 0.15) is 0 Å². The summed E-state index contributed by atoms with van der Waals surface area (Å²) < 4.78 is 5.24. The molecule has 0 bridgehead atoms. The van der Waals surface area contributed by atoms with E-state index in [1.165, 1.54) is 0 Å². The number of aliphatic hydroxyl groups is 4. The van der Waals surface area contributed by atoms with E-state index in [4.69, 9.17) is 4.74 Å². The molecule has 1 aliphatic rings. The van der Waals surface area contributed by atoms with Crippen LogP contribution in [0.4, 0.5) is 5.69 Å². The number of ether oxygens (including phenoxy) is 1. The predicted molar refractivity (Wildman–Crippen MR) is 96.6 cm³/mol.